The van der Waals surface area contributed by atoms with Crippen molar-refractivity contribution in [3.8, 4) is 0 Å². The van der Waals surface area contributed by atoms with Gasteiger partial charge in [-0.15, -0.1) is 11.3 Å². The molecule has 0 fully saturated rings. The summed E-state index contributed by atoms with van der Waals surface area (Å²) >= 11 is 1.57. The highest BCUT2D eigenvalue weighted by atomic mass is 32.1. The third kappa shape index (κ3) is 4.46. The number of aryl methyl sites for hydroxylation is 1. The number of anilines is 1. The lowest BCUT2D eigenvalue weighted by Gasteiger charge is -2.23. The smallest absolute Gasteiger partial charge is 0.315 e. The minimum Gasteiger partial charge on any atom is -0.315 e. The van der Waals surface area contributed by atoms with Gasteiger partial charge in [0, 0.05) is 17.5 Å². The quantitative estimate of drug-likeness (QED) is 0.624. The van der Waals surface area contributed by atoms with E-state index in [2.05, 4.69) is 5.32 Å². The number of carbonyl (C=O) groups is 1. The van der Waals surface area contributed by atoms with Crippen LogP contribution < -0.4 is 5.32 Å². The molecule has 2 aromatic carbocycles. The van der Waals surface area contributed by atoms with Gasteiger partial charge in [-0.05, 0) is 41.6 Å². The van der Waals surface area contributed by atoms with Gasteiger partial charge in [-0.3, -0.25) is 0 Å². The van der Waals surface area contributed by atoms with Crippen molar-refractivity contribution in [3.05, 3.63) is 87.6 Å². The lowest BCUT2D eigenvalue weighted by molar-refractivity contribution is 0.207. The Bertz CT molecular complexity index is 896. The van der Waals surface area contributed by atoms with Crippen LogP contribution in [0.5, 0.6) is 0 Å². The molecular weight excluding hydrogens is 354 g/mol. The van der Waals surface area contributed by atoms with Crippen LogP contribution in [0.3, 0.4) is 0 Å². The Morgan fingerprint density at radius 2 is 1.85 bits per heavy atom. The first-order valence-corrected chi connectivity index (χ1v) is 8.99. The lowest BCUT2D eigenvalue weighted by Crippen LogP contribution is -2.34. The Morgan fingerprint density at radius 3 is 2.50 bits per heavy atom. The van der Waals surface area contributed by atoms with Gasteiger partial charge in [0.25, 0.3) is 0 Å². The SMILES string of the molecule is Cc1ccsc1CN(Cc1ccccc1)C(=O)Nc1ccc(F)cc1F. The first kappa shape index (κ1) is 18.1. The van der Waals surface area contributed by atoms with Crippen molar-refractivity contribution in [3.63, 3.8) is 0 Å². The molecule has 0 saturated heterocycles. The van der Waals surface area contributed by atoms with Crippen molar-refractivity contribution in [1.29, 1.82) is 0 Å². The van der Waals surface area contributed by atoms with Crippen molar-refractivity contribution in [2.45, 2.75) is 20.0 Å². The first-order valence-electron chi connectivity index (χ1n) is 8.11. The molecule has 2 amide bonds. The number of nitrogens with zero attached hydrogens (tertiary/aromatic N) is 1. The number of carbonyl (C=O) groups excluding carboxylic acids is 1. The van der Waals surface area contributed by atoms with Gasteiger partial charge in [0.2, 0.25) is 0 Å². The summed E-state index contributed by atoms with van der Waals surface area (Å²) in [5.74, 6) is -1.49. The number of nitrogens with one attached hydrogen (secondary N) is 1. The molecule has 1 aromatic heterocycles. The Balaban J connectivity index is 1.81. The molecule has 26 heavy (non-hydrogen) atoms. The largest absolute Gasteiger partial charge is 0.322 e. The van der Waals surface area contributed by atoms with E-state index in [4.69, 9.17) is 0 Å². The highest BCUT2D eigenvalue weighted by Gasteiger charge is 2.18. The number of hydrogen-bond acceptors (Lipinski definition) is 2. The Labute approximate surface area is 154 Å². The second-order valence-corrected chi connectivity index (χ2v) is 6.92. The van der Waals surface area contributed by atoms with Crippen LogP contribution in [0.4, 0.5) is 19.3 Å². The number of hydrogen-bond donors (Lipinski definition) is 1. The minimum atomic E-state index is -0.801. The molecule has 3 aromatic rings. The van der Waals surface area contributed by atoms with Gasteiger partial charge in [0.15, 0.2) is 0 Å². The summed E-state index contributed by atoms with van der Waals surface area (Å²) in [5, 5.41) is 4.51. The predicted molar refractivity (Wildman–Crippen MR) is 100 cm³/mol. The number of rotatable bonds is 5. The van der Waals surface area contributed by atoms with Crippen LogP contribution in [0.25, 0.3) is 0 Å². The van der Waals surface area contributed by atoms with Crippen molar-refractivity contribution < 1.29 is 13.6 Å². The zero-order valence-corrected chi connectivity index (χ0v) is 15.0. The molecule has 134 valence electrons. The zero-order valence-electron chi connectivity index (χ0n) is 14.2. The highest BCUT2D eigenvalue weighted by molar-refractivity contribution is 7.10. The monoisotopic (exact) mass is 372 g/mol. The van der Waals surface area contributed by atoms with E-state index < -0.39 is 17.7 Å². The van der Waals surface area contributed by atoms with Gasteiger partial charge in [0.1, 0.15) is 11.6 Å². The summed E-state index contributed by atoms with van der Waals surface area (Å²) in [6.45, 7) is 2.78. The summed E-state index contributed by atoms with van der Waals surface area (Å²) < 4.78 is 26.9. The summed E-state index contributed by atoms with van der Waals surface area (Å²) in [6, 6.07) is 14.2. The molecule has 0 spiro atoms. The number of benzene rings is 2. The van der Waals surface area contributed by atoms with Gasteiger partial charge < -0.3 is 10.2 Å². The maximum absolute atomic E-state index is 13.9. The number of halogens is 2. The van der Waals surface area contributed by atoms with Gasteiger partial charge in [0.05, 0.1) is 12.2 Å². The average Bonchev–Trinajstić information content (AvgIpc) is 3.02. The van der Waals surface area contributed by atoms with Crippen LogP contribution in [0.2, 0.25) is 0 Å². The maximum Gasteiger partial charge on any atom is 0.322 e. The molecule has 0 aliphatic heterocycles. The highest BCUT2D eigenvalue weighted by Crippen LogP contribution is 2.21. The van der Waals surface area contributed by atoms with Gasteiger partial charge in [-0.2, -0.15) is 0 Å². The van der Waals surface area contributed by atoms with E-state index in [0.29, 0.717) is 13.1 Å². The molecule has 0 bridgehead atoms. The normalized spacial score (nSPS) is 10.6. The van der Waals surface area contributed by atoms with Crippen LogP contribution in [0, 0.1) is 18.6 Å². The van der Waals surface area contributed by atoms with Crippen molar-refractivity contribution in [2.24, 2.45) is 0 Å². The molecule has 0 radical (unpaired) electrons. The second kappa shape index (κ2) is 8.10. The molecule has 0 atom stereocenters. The van der Waals surface area contributed by atoms with Gasteiger partial charge in [-0.25, -0.2) is 13.6 Å². The fraction of sp³-hybridized carbons (Fsp3) is 0.150. The van der Waals surface area contributed by atoms with Crippen LogP contribution in [-0.2, 0) is 13.1 Å². The van der Waals surface area contributed by atoms with Crippen LogP contribution in [0.1, 0.15) is 16.0 Å². The standard InChI is InChI=1S/C20H18F2N2OS/c1-14-9-10-26-19(14)13-24(12-15-5-3-2-4-6-15)20(25)23-18-8-7-16(21)11-17(18)22/h2-11H,12-13H2,1H3,(H,23,25). The topological polar surface area (TPSA) is 32.3 Å². The molecule has 3 rings (SSSR count). The van der Waals surface area contributed by atoms with E-state index in [9.17, 15) is 13.6 Å². The fourth-order valence-electron chi connectivity index (χ4n) is 2.53. The second-order valence-electron chi connectivity index (χ2n) is 5.92. The van der Waals surface area contributed by atoms with E-state index in [0.717, 1.165) is 28.1 Å². The predicted octanol–water partition coefficient (Wildman–Crippen LogP) is 5.57. The average molecular weight is 372 g/mol. The van der Waals surface area contributed by atoms with E-state index >= 15 is 0 Å². The maximum atomic E-state index is 13.9. The molecule has 1 N–H and O–H groups in total. The van der Waals surface area contributed by atoms with Crippen LogP contribution >= 0.6 is 11.3 Å². The minimum absolute atomic E-state index is 0.0441. The van der Waals surface area contributed by atoms with Gasteiger partial charge in [-0.1, -0.05) is 30.3 Å². The van der Waals surface area contributed by atoms with E-state index in [-0.39, 0.29) is 5.69 Å². The summed E-state index contributed by atoms with van der Waals surface area (Å²) in [4.78, 5) is 15.4. The molecular formula is C20H18F2N2OS. The first-order chi connectivity index (χ1) is 12.5. The lowest BCUT2D eigenvalue weighted by atomic mass is 10.2. The van der Waals surface area contributed by atoms with Crippen LogP contribution in [0.15, 0.2) is 60.0 Å². The van der Waals surface area contributed by atoms with Crippen molar-refractivity contribution in [2.75, 3.05) is 5.32 Å². The van der Waals surface area contributed by atoms with E-state index in [1.807, 2.05) is 48.7 Å². The van der Waals surface area contributed by atoms with E-state index in [1.165, 1.54) is 6.07 Å². The third-order valence-corrected chi connectivity index (χ3v) is 4.99. The fourth-order valence-corrected chi connectivity index (χ4v) is 3.45. The number of thiophene rings is 1. The molecule has 6 heteroatoms. The number of urea groups is 1. The number of amides is 2. The molecule has 0 aliphatic rings. The van der Waals surface area contributed by atoms with Crippen molar-refractivity contribution >= 4 is 23.1 Å². The Kier molecular flexibility index (Phi) is 5.63. The summed E-state index contributed by atoms with van der Waals surface area (Å²) in [5.41, 5.74) is 2.03. The molecule has 1 heterocycles. The molecule has 0 saturated carbocycles. The van der Waals surface area contributed by atoms with Crippen LogP contribution in [-0.4, -0.2) is 10.9 Å². The van der Waals surface area contributed by atoms with Crippen molar-refractivity contribution in [1.82, 2.24) is 4.90 Å². The Hall–Kier alpha value is -2.73. The molecule has 3 nitrogen and oxygen atoms in total. The zero-order chi connectivity index (χ0) is 18.5. The van der Waals surface area contributed by atoms with E-state index in [1.54, 1.807) is 16.2 Å². The summed E-state index contributed by atoms with van der Waals surface area (Å²) in [7, 11) is 0. The van der Waals surface area contributed by atoms with Gasteiger partial charge >= 0.3 is 6.03 Å². The third-order valence-electron chi connectivity index (χ3n) is 3.98. The Morgan fingerprint density at radius 1 is 1.08 bits per heavy atom. The summed E-state index contributed by atoms with van der Waals surface area (Å²) in [6.07, 6.45) is 0. The molecule has 0 aliphatic carbocycles. The molecule has 0 unspecified atom stereocenters.